The molecule has 1 aromatic heterocycles. The average Bonchev–Trinajstić information content (AvgIpc) is 2.89. The first-order valence-electron chi connectivity index (χ1n) is 10.6. The van der Waals surface area contributed by atoms with Crippen molar-refractivity contribution in [3.05, 3.63) is 119 Å². The van der Waals surface area contributed by atoms with Crippen molar-refractivity contribution >= 4 is 17.6 Å². The van der Waals surface area contributed by atoms with Crippen LogP contribution in [-0.4, -0.2) is 16.9 Å². The highest BCUT2D eigenvalue weighted by molar-refractivity contribution is 6.05. The molecule has 6 nitrogen and oxygen atoms in total. The van der Waals surface area contributed by atoms with Gasteiger partial charge in [0.1, 0.15) is 6.61 Å². The fraction of sp³-hybridized carbons (Fsp3) is 0.0741. The first kappa shape index (κ1) is 22.8. The van der Waals surface area contributed by atoms with Gasteiger partial charge < -0.3 is 15.8 Å². The Hall–Kier alpha value is -4.36. The number of ether oxygens (including phenoxy) is 1. The van der Waals surface area contributed by atoms with Gasteiger partial charge in [-0.2, -0.15) is 0 Å². The molecule has 1 amide bonds. The monoisotopic (exact) mass is 455 g/mol. The van der Waals surface area contributed by atoms with Crippen molar-refractivity contribution in [3.8, 4) is 11.1 Å². The summed E-state index contributed by atoms with van der Waals surface area (Å²) >= 11 is 0. The number of carbonyl (C=O) groups excluding carboxylic acids is 2. The zero-order valence-electron chi connectivity index (χ0n) is 18.2. The second-order valence-corrected chi connectivity index (χ2v) is 7.53. The van der Waals surface area contributed by atoms with E-state index in [0.717, 1.165) is 17.3 Å². The SMILES string of the molecule is NCc1ccc(C(=O)Nc2ccncc2F)cc1-c1cccc(C(=O)OCc2ccccc2)c1. The zero-order valence-corrected chi connectivity index (χ0v) is 18.2. The molecule has 0 aliphatic carbocycles. The number of benzene rings is 3. The Morgan fingerprint density at radius 2 is 1.76 bits per heavy atom. The summed E-state index contributed by atoms with van der Waals surface area (Å²) in [4.78, 5) is 29.0. The van der Waals surface area contributed by atoms with Crippen LogP contribution in [0.4, 0.5) is 10.1 Å². The third-order valence-corrected chi connectivity index (χ3v) is 5.23. The van der Waals surface area contributed by atoms with Crippen molar-refractivity contribution in [2.24, 2.45) is 5.73 Å². The number of aromatic nitrogens is 1. The number of pyridine rings is 1. The minimum Gasteiger partial charge on any atom is -0.457 e. The van der Waals surface area contributed by atoms with Gasteiger partial charge in [0.15, 0.2) is 5.82 Å². The largest absolute Gasteiger partial charge is 0.457 e. The number of nitrogens with one attached hydrogen (secondary N) is 1. The molecule has 0 aliphatic rings. The number of esters is 1. The lowest BCUT2D eigenvalue weighted by Crippen LogP contribution is -2.14. The molecule has 3 N–H and O–H groups in total. The van der Waals surface area contributed by atoms with Crippen LogP contribution in [0.15, 0.2) is 91.3 Å². The Labute approximate surface area is 196 Å². The van der Waals surface area contributed by atoms with Crippen LogP contribution < -0.4 is 11.1 Å². The van der Waals surface area contributed by atoms with Crippen LogP contribution in [0.3, 0.4) is 0 Å². The standard InChI is InChI=1S/C27H22FN3O3/c28-24-16-30-12-11-25(24)31-26(32)20-9-10-22(15-29)23(14-20)19-7-4-8-21(13-19)27(33)34-17-18-5-2-1-3-6-18/h1-14,16H,15,17,29H2,(H,30,31,32). The number of nitrogens with zero attached hydrogens (tertiary/aromatic N) is 1. The van der Waals surface area contributed by atoms with Crippen LogP contribution in [0, 0.1) is 5.82 Å². The summed E-state index contributed by atoms with van der Waals surface area (Å²) in [5.41, 5.74) is 9.74. The van der Waals surface area contributed by atoms with E-state index in [2.05, 4.69) is 10.3 Å². The molecule has 0 radical (unpaired) electrons. The van der Waals surface area contributed by atoms with Gasteiger partial charge in [0, 0.05) is 18.3 Å². The van der Waals surface area contributed by atoms with E-state index >= 15 is 0 Å². The smallest absolute Gasteiger partial charge is 0.338 e. The molecule has 0 bridgehead atoms. The molecule has 0 unspecified atom stereocenters. The summed E-state index contributed by atoms with van der Waals surface area (Å²) < 4.78 is 19.3. The summed E-state index contributed by atoms with van der Waals surface area (Å²) in [6.45, 7) is 0.401. The Balaban J connectivity index is 1.57. The van der Waals surface area contributed by atoms with Crippen molar-refractivity contribution in [1.82, 2.24) is 4.98 Å². The van der Waals surface area contributed by atoms with E-state index in [1.165, 1.54) is 12.3 Å². The van der Waals surface area contributed by atoms with E-state index < -0.39 is 17.7 Å². The quantitative estimate of drug-likeness (QED) is 0.384. The fourth-order valence-electron chi connectivity index (χ4n) is 3.46. The van der Waals surface area contributed by atoms with Crippen LogP contribution in [-0.2, 0) is 17.9 Å². The predicted octanol–water partition coefficient (Wildman–Crippen LogP) is 4.96. The van der Waals surface area contributed by atoms with Gasteiger partial charge in [-0.15, -0.1) is 0 Å². The topological polar surface area (TPSA) is 94.3 Å². The minimum absolute atomic E-state index is 0.0348. The van der Waals surface area contributed by atoms with Gasteiger partial charge in [0.2, 0.25) is 0 Å². The highest BCUT2D eigenvalue weighted by atomic mass is 19.1. The van der Waals surface area contributed by atoms with Gasteiger partial charge >= 0.3 is 5.97 Å². The van der Waals surface area contributed by atoms with Gasteiger partial charge in [-0.25, -0.2) is 9.18 Å². The van der Waals surface area contributed by atoms with Crippen LogP contribution in [0.1, 0.15) is 31.8 Å². The number of carbonyl (C=O) groups is 2. The Bertz CT molecular complexity index is 1330. The second kappa shape index (κ2) is 10.5. The normalized spacial score (nSPS) is 10.5. The van der Waals surface area contributed by atoms with Crippen molar-refractivity contribution in [2.75, 3.05) is 5.32 Å². The Morgan fingerprint density at radius 3 is 2.53 bits per heavy atom. The molecule has 7 heteroatoms. The third kappa shape index (κ3) is 5.33. The van der Waals surface area contributed by atoms with E-state index in [0.29, 0.717) is 22.3 Å². The number of halogens is 1. The Morgan fingerprint density at radius 1 is 0.941 bits per heavy atom. The van der Waals surface area contributed by atoms with Gasteiger partial charge in [-0.3, -0.25) is 9.78 Å². The number of hydrogen-bond acceptors (Lipinski definition) is 5. The van der Waals surface area contributed by atoms with Gasteiger partial charge in [-0.1, -0.05) is 48.5 Å². The molecule has 3 aromatic carbocycles. The summed E-state index contributed by atoms with van der Waals surface area (Å²) in [6, 6.07) is 22.8. The molecule has 0 saturated carbocycles. The first-order valence-corrected chi connectivity index (χ1v) is 10.6. The van der Waals surface area contributed by atoms with Crippen molar-refractivity contribution in [1.29, 1.82) is 0 Å². The van der Waals surface area contributed by atoms with Crippen LogP contribution in [0.2, 0.25) is 0 Å². The number of nitrogens with two attached hydrogens (primary N) is 1. The molecule has 0 atom stereocenters. The number of anilines is 1. The lowest BCUT2D eigenvalue weighted by atomic mass is 9.95. The van der Waals surface area contributed by atoms with Crippen molar-refractivity contribution < 1.29 is 18.7 Å². The molecule has 0 fully saturated rings. The molecular weight excluding hydrogens is 433 g/mol. The van der Waals surface area contributed by atoms with Gasteiger partial charge in [0.25, 0.3) is 5.91 Å². The van der Waals surface area contributed by atoms with Crippen LogP contribution >= 0.6 is 0 Å². The van der Waals surface area contributed by atoms with Gasteiger partial charge in [-0.05, 0) is 52.6 Å². The number of rotatable bonds is 7. The average molecular weight is 455 g/mol. The summed E-state index contributed by atoms with van der Waals surface area (Å²) in [5.74, 6) is -1.56. The zero-order chi connectivity index (χ0) is 23.9. The maximum absolute atomic E-state index is 13.9. The molecule has 0 spiro atoms. The van der Waals surface area contributed by atoms with E-state index in [9.17, 15) is 14.0 Å². The molecule has 0 aliphatic heterocycles. The Kier molecular flexibility index (Phi) is 7.05. The maximum atomic E-state index is 13.9. The van der Waals surface area contributed by atoms with E-state index in [1.54, 1.807) is 36.4 Å². The minimum atomic E-state index is -0.628. The lowest BCUT2D eigenvalue weighted by Gasteiger charge is -2.13. The highest BCUT2D eigenvalue weighted by Gasteiger charge is 2.15. The lowest BCUT2D eigenvalue weighted by molar-refractivity contribution is 0.0472. The van der Waals surface area contributed by atoms with Gasteiger partial charge in [0.05, 0.1) is 17.4 Å². The van der Waals surface area contributed by atoms with E-state index in [-0.39, 0.29) is 18.8 Å². The summed E-state index contributed by atoms with van der Waals surface area (Å²) in [6.07, 6.45) is 2.42. The summed E-state index contributed by atoms with van der Waals surface area (Å²) in [5, 5.41) is 2.55. The highest BCUT2D eigenvalue weighted by Crippen LogP contribution is 2.27. The number of hydrogen-bond donors (Lipinski definition) is 2. The van der Waals surface area contributed by atoms with Crippen molar-refractivity contribution in [2.45, 2.75) is 13.2 Å². The first-order chi connectivity index (χ1) is 16.5. The molecule has 170 valence electrons. The predicted molar refractivity (Wildman–Crippen MR) is 127 cm³/mol. The second-order valence-electron chi connectivity index (χ2n) is 7.53. The maximum Gasteiger partial charge on any atom is 0.338 e. The molecule has 34 heavy (non-hydrogen) atoms. The molecule has 1 heterocycles. The molecule has 0 saturated heterocycles. The van der Waals surface area contributed by atoms with Crippen LogP contribution in [0.5, 0.6) is 0 Å². The van der Waals surface area contributed by atoms with E-state index in [1.807, 2.05) is 36.4 Å². The molecule has 4 aromatic rings. The fourth-order valence-corrected chi connectivity index (χ4v) is 3.46. The summed E-state index contributed by atoms with van der Waals surface area (Å²) in [7, 11) is 0. The third-order valence-electron chi connectivity index (χ3n) is 5.23. The molecule has 4 rings (SSSR count). The van der Waals surface area contributed by atoms with Crippen LogP contribution in [0.25, 0.3) is 11.1 Å². The molecular formula is C27H22FN3O3. The van der Waals surface area contributed by atoms with Crippen molar-refractivity contribution in [3.63, 3.8) is 0 Å². The number of amides is 1. The van der Waals surface area contributed by atoms with E-state index in [4.69, 9.17) is 10.5 Å².